The minimum atomic E-state index is -0.403. The first-order valence-electron chi connectivity index (χ1n) is 18.1. The van der Waals surface area contributed by atoms with Crippen molar-refractivity contribution in [3.05, 3.63) is 153 Å². The number of carbonyl (C=O) groups excluding carboxylic acids is 1. The van der Waals surface area contributed by atoms with E-state index in [4.69, 9.17) is 37.4 Å². The maximum absolute atomic E-state index is 13.3. The van der Waals surface area contributed by atoms with Crippen LogP contribution in [0.1, 0.15) is 53.1 Å². The van der Waals surface area contributed by atoms with Crippen molar-refractivity contribution in [1.82, 2.24) is 14.8 Å². The van der Waals surface area contributed by atoms with Gasteiger partial charge in [-0.2, -0.15) is 0 Å². The van der Waals surface area contributed by atoms with Gasteiger partial charge < -0.3 is 19.1 Å². The molecule has 0 radical (unpaired) electrons. The molecule has 2 heterocycles. The molecule has 1 amide bonds. The number of halogens is 4. The lowest BCUT2D eigenvalue weighted by molar-refractivity contribution is -0.127. The van der Waals surface area contributed by atoms with Crippen molar-refractivity contribution in [2.24, 2.45) is 0 Å². The summed E-state index contributed by atoms with van der Waals surface area (Å²) in [6.45, 7) is 10.9. The third kappa shape index (κ3) is 11.9. The Morgan fingerprint density at radius 3 is 2.22 bits per heavy atom. The first-order chi connectivity index (χ1) is 26.1. The van der Waals surface area contributed by atoms with Gasteiger partial charge in [-0.05, 0) is 89.2 Å². The minimum Gasteiger partial charge on any atom is -0.493 e. The lowest BCUT2D eigenvalue weighted by atomic mass is 10.0. The first kappa shape index (κ1) is 41.6. The fraction of sp³-hybridized carbons (Fsp3) is 0.273. The molecule has 0 bridgehead atoms. The molecule has 1 aromatic heterocycles. The second-order valence-electron chi connectivity index (χ2n) is 13.7. The van der Waals surface area contributed by atoms with Crippen LogP contribution in [0.3, 0.4) is 0 Å². The largest absolute Gasteiger partial charge is 0.493 e. The van der Waals surface area contributed by atoms with E-state index in [2.05, 4.69) is 60.1 Å². The molecule has 1 fully saturated rings. The van der Waals surface area contributed by atoms with E-state index in [-0.39, 0.29) is 24.9 Å². The van der Waals surface area contributed by atoms with Crippen LogP contribution in [0.25, 0.3) is 6.08 Å². The van der Waals surface area contributed by atoms with E-state index >= 15 is 0 Å². The molecular formula is C44H45Cl3FN3O4. The van der Waals surface area contributed by atoms with Crippen LogP contribution in [0.4, 0.5) is 4.39 Å². The zero-order chi connectivity index (χ0) is 38.0. The third-order valence-electron chi connectivity index (χ3n) is 9.31. The van der Waals surface area contributed by atoms with Gasteiger partial charge in [0.25, 0.3) is 0 Å². The Kier molecular flexibility index (Phi) is 15.0. The number of piperazine rings is 1. The van der Waals surface area contributed by atoms with Crippen LogP contribution in [0.2, 0.25) is 10.0 Å². The summed E-state index contributed by atoms with van der Waals surface area (Å²) < 4.78 is 31.0. The average Bonchev–Trinajstić information content (AvgIpc) is 3.16. The molecule has 0 unspecified atom stereocenters. The van der Waals surface area contributed by atoms with Crippen LogP contribution in [-0.2, 0) is 24.4 Å². The van der Waals surface area contributed by atoms with E-state index in [0.29, 0.717) is 58.6 Å². The molecule has 11 heteroatoms. The van der Waals surface area contributed by atoms with Gasteiger partial charge in [0.15, 0.2) is 5.75 Å². The molecule has 0 saturated carbocycles. The number of hydrogen-bond acceptors (Lipinski definition) is 6. The maximum atomic E-state index is 13.3. The number of pyridine rings is 1. The first-order valence-corrected chi connectivity index (χ1v) is 18.9. The summed E-state index contributed by atoms with van der Waals surface area (Å²) >= 11 is 12.7. The Labute approximate surface area is 339 Å². The Balaban J connectivity index is 0.00000580. The molecule has 288 valence electrons. The van der Waals surface area contributed by atoms with E-state index in [1.165, 1.54) is 35.0 Å². The number of benzene rings is 4. The SMILES string of the molecule is Cc1cc(C=CC(=O)N2CCN(Cc3ccc(CCOc4ccc(C(C)C)cc4)cc3)CC2)cc(Cl)c1Oc1ccc(OCc2ccc(F)cc2Cl)cn1.Cl. The molecule has 7 nitrogen and oxygen atoms in total. The lowest BCUT2D eigenvalue weighted by Crippen LogP contribution is -2.47. The second-order valence-corrected chi connectivity index (χ2v) is 14.5. The van der Waals surface area contributed by atoms with E-state index in [9.17, 15) is 9.18 Å². The van der Waals surface area contributed by atoms with Gasteiger partial charge in [0.05, 0.1) is 22.8 Å². The van der Waals surface area contributed by atoms with Crippen LogP contribution in [0.15, 0.2) is 103 Å². The zero-order valence-corrected chi connectivity index (χ0v) is 33.5. The molecule has 1 saturated heterocycles. The molecule has 6 rings (SSSR count). The van der Waals surface area contributed by atoms with E-state index < -0.39 is 5.82 Å². The number of rotatable bonds is 14. The highest BCUT2D eigenvalue weighted by molar-refractivity contribution is 6.32. The van der Waals surface area contributed by atoms with Crippen molar-refractivity contribution in [2.45, 2.75) is 46.3 Å². The van der Waals surface area contributed by atoms with Crippen molar-refractivity contribution < 1.29 is 23.4 Å². The Hall–Kier alpha value is -4.60. The Morgan fingerprint density at radius 1 is 0.855 bits per heavy atom. The molecule has 55 heavy (non-hydrogen) atoms. The van der Waals surface area contributed by atoms with Gasteiger partial charge in [0, 0.05) is 56.9 Å². The van der Waals surface area contributed by atoms with Crippen LogP contribution >= 0.6 is 35.6 Å². The van der Waals surface area contributed by atoms with E-state index in [0.717, 1.165) is 42.9 Å². The average molecular weight is 805 g/mol. The summed E-state index contributed by atoms with van der Waals surface area (Å²) in [5.74, 6) is 2.30. The van der Waals surface area contributed by atoms with Crippen molar-refractivity contribution in [1.29, 1.82) is 0 Å². The van der Waals surface area contributed by atoms with Crippen molar-refractivity contribution in [2.75, 3.05) is 32.8 Å². The minimum absolute atomic E-state index is 0. The van der Waals surface area contributed by atoms with E-state index in [1.807, 2.05) is 30.0 Å². The lowest BCUT2D eigenvalue weighted by Gasteiger charge is -2.34. The summed E-state index contributed by atoms with van der Waals surface area (Å²) in [6, 6.07) is 28.3. The summed E-state index contributed by atoms with van der Waals surface area (Å²) in [7, 11) is 0. The van der Waals surface area contributed by atoms with Crippen LogP contribution in [0.5, 0.6) is 23.1 Å². The summed E-state index contributed by atoms with van der Waals surface area (Å²) in [6.07, 6.45) is 5.77. The van der Waals surface area contributed by atoms with Crippen LogP contribution in [-0.4, -0.2) is 53.5 Å². The number of amides is 1. The molecule has 0 spiro atoms. The second kappa shape index (κ2) is 19.8. The predicted octanol–water partition coefficient (Wildman–Crippen LogP) is 10.7. The van der Waals surface area contributed by atoms with Crippen LogP contribution < -0.4 is 14.2 Å². The molecule has 0 atom stereocenters. The number of nitrogens with zero attached hydrogens (tertiary/aromatic N) is 3. The molecule has 0 aliphatic carbocycles. The van der Waals surface area contributed by atoms with Gasteiger partial charge in [0.1, 0.15) is 23.9 Å². The van der Waals surface area contributed by atoms with Crippen molar-refractivity contribution in [3.8, 4) is 23.1 Å². The molecule has 5 aromatic rings. The zero-order valence-electron chi connectivity index (χ0n) is 31.1. The molecule has 1 aliphatic heterocycles. The highest BCUT2D eigenvalue weighted by Crippen LogP contribution is 2.34. The fourth-order valence-electron chi connectivity index (χ4n) is 6.10. The van der Waals surface area contributed by atoms with Crippen LogP contribution in [0, 0.1) is 12.7 Å². The Bertz CT molecular complexity index is 2030. The quantitative estimate of drug-likeness (QED) is 0.104. The van der Waals surface area contributed by atoms with Gasteiger partial charge in [-0.3, -0.25) is 9.69 Å². The fourth-order valence-corrected chi connectivity index (χ4v) is 6.64. The standard InChI is InChI=1S/C44H44Cl2FN3O4.ClH/c1-30(2)35-10-13-38(14-11-35)52-23-18-32-4-6-33(7-5-32)28-49-19-21-50(22-20-49)43(51)17-8-34-24-31(3)44(41(46)25-34)54-42-16-15-39(27-48-42)53-29-36-9-12-37(47)26-40(36)45;/h4-17,24-27,30H,18-23,28-29H2,1-3H3;1H. The number of carbonyl (C=O) groups is 1. The van der Waals surface area contributed by atoms with E-state index in [1.54, 1.807) is 36.4 Å². The molecule has 4 aromatic carbocycles. The number of aromatic nitrogens is 1. The monoisotopic (exact) mass is 803 g/mol. The topological polar surface area (TPSA) is 64.1 Å². The summed E-state index contributed by atoms with van der Waals surface area (Å²) in [4.78, 5) is 21.7. The van der Waals surface area contributed by atoms with Gasteiger partial charge in [-0.25, -0.2) is 9.37 Å². The number of hydrogen-bond donors (Lipinski definition) is 0. The predicted molar refractivity (Wildman–Crippen MR) is 221 cm³/mol. The van der Waals surface area contributed by atoms with Crippen molar-refractivity contribution in [3.63, 3.8) is 0 Å². The number of aryl methyl sites for hydroxylation is 1. The normalized spacial score (nSPS) is 13.2. The molecular weight excluding hydrogens is 760 g/mol. The van der Waals surface area contributed by atoms with Gasteiger partial charge >= 0.3 is 0 Å². The van der Waals surface area contributed by atoms with Crippen molar-refractivity contribution >= 4 is 47.6 Å². The highest BCUT2D eigenvalue weighted by Gasteiger charge is 2.20. The summed E-state index contributed by atoms with van der Waals surface area (Å²) in [5.41, 5.74) is 6.07. The Morgan fingerprint density at radius 2 is 1.56 bits per heavy atom. The number of ether oxygens (including phenoxy) is 3. The van der Waals surface area contributed by atoms with Gasteiger partial charge in [-0.15, -0.1) is 12.4 Å². The smallest absolute Gasteiger partial charge is 0.246 e. The maximum Gasteiger partial charge on any atom is 0.246 e. The van der Waals surface area contributed by atoms with Gasteiger partial charge in [0.2, 0.25) is 11.8 Å². The molecule has 0 N–H and O–H groups in total. The molecule has 1 aliphatic rings. The third-order valence-corrected chi connectivity index (χ3v) is 9.95. The summed E-state index contributed by atoms with van der Waals surface area (Å²) in [5, 5.41) is 0.697. The van der Waals surface area contributed by atoms with Gasteiger partial charge in [-0.1, -0.05) is 79.5 Å². The highest BCUT2D eigenvalue weighted by atomic mass is 35.5.